The predicted molar refractivity (Wildman–Crippen MR) is 77.6 cm³/mol. The minimum absolute atomic E-state index is 0.268. The number of halogens is 1. The Morgan fingerprint density at radius 2 is 2.15 bits per heavy atom. The largest absolute Gasteiger partial charge is 0.397 e. The molecule has 0 radical (unpaired) electrons. The minimum atomic E-state index is -0.268. The summed E-state index contributed by atoms with van der Waals surface area (Å²) in [6.45, 7) is 2.81. The number of aryl methyl sites for hydroxylation is 1. The molecule has 102 valence electrons. The monoisotopic (exact) mass is 270 g/mol. The van der Waals surface area contributed by atoms with Crippen molar-refractivity contribution >= 4 is 16.7 Å². The third-order valence-corrected chi connectivity index (χ3v) is 3.21. The highest BCUT2D eigenvalue weighted by Gasteiger charge is 2.15. The Morgan fingerprint density at radius 1 is 1.30 bits per heavy atom. The molecule has 2 N–H and O–H groups in total. The maximum absolute atomic E-state index is 13.5. The van der Waals surface area contributed by atoms with E-state index in [1.807, 2.05) is 4.57 Å². The van der Waals surface area contributed by atoms with E-state index in [0.717, 1.165) is 24.0 Å². The number of rotatable bonds is 3. The van der Waals surface area contributed by atoms with Gasteiger partial charge in [-0.2, -0.15) is 0 Å². The number of benzene rings is 1. The van der Waals surface area contributed by atoms with Crippen molar-refractivity contribution in [1.29, 1.82) is 0 Å². The van der Waals surface area contributed by atoms with Crippen LogP contribution >= 0.6 is 0 Å². The molecule has 0 aliphatic carbocycles. The second-order valence-electron chi connectivity index (χ2n) is 4.66. The third-order valence-electron chi connectivity index (χ3n) is 3.21. The molecule has 0 atom stereocenters. The summed E-state index contributed by atoms with van der Waals surface area (Å²) in [5.41, 5.74) is 8.71. The third kappa shape index (κ3) is 2.01. The molecule has 0 amide bonds. The van der Waals surface area contributed by atoms with Gasteiger partial charge < -0.3 is 10.3 Å². The lowest BCUT2D eigenvalue weighted by Crippen LogP contribution is -2.03. The van der Waals surface area contributed by atoms with Crippen molar-refractivity contribution in [1.82, 2.24) is 14.5 Å². The van der Waals surface area contributed by atoms with Crippen molar-refractivity contribution < 1.29 is 4.39 Å². The van der Waals surface area contributed by atoms with Crippen LogP contribution in [0, 0.1) is 5.82 Å². The first-order chi connectivity index (χ1) is 9.70. The summed E-state index contributed by atoms with van der Waals surface area (Å²) in [5, 5.41) is 0. The summed E-state index contributed by atoms with van der Waals surface area (Å²) in [5.74, 6) is 0.417. The van der Waals surface area contributed by atoms with Gasteiger partial charge in [-0.25, -0.2) is 9.37 Å². The minimum Gasteiger partial charge on any atom is -0.397 e. The molecule has 0 saturated heterocycles. The first-order valence-corrected chi connectivity index (χ1v) is 6.57. The van der Waals surface area contributed by atoms with Crippen molar-refractivity contribution in [3.8, 4) is 11.5 Å². The number of hydrogen-bond acceptors (Lipinski definition) is 3. The Kier molecular flexibility index (Phi) is 3.10. The first-order valence-electron chi connectivity index (χ1n) is 6.57. The van der Waals surface area contributed by atoms with E-state index >= 15 is 0 Å². The number of nitrogen functional groups attached to an aromatic ring is 1. The van der Waals surface area contributed by atoms with E-state index in [2.05, 4.69) is 16.9 Å². The van der Waals surface area contributed by atoms with Crippen molar-refractivity contribution in [2.45, 2.75) is 19.9 Å². The highest BCUT2D eigenvalue weighted by molar-refractivity contribution is 5.82. The van der Waals surface area contributed by atoms with Crippen LogP contribution < -0.4 is 5.73 Å². The number of hydrogen-bond donors (Lipinski definition) is 1. The summed E-state index contributed by atoms with van der Waals surface area (Å²) in [6.07, 6.45) is 2.60. The van der Waals surface area contributed by atoms with Gasteiger partial charge in [-0.05, 0) is 36.8 Å². The van der Waals surface area contributed by atoms with E-state index in [1.165, 1.54) is 12.1 Å². The van der Waals surface area contributed by atoms with Gasteiger partial charge in [0.1, 0.15) is 11.5 Å². The molecule has 2 heterocycles. The molecule has 0 bridgehead atoms. The van der Waals surface area contributed by atoms with E-state index in [0.29, 0.717) is 17.2 Å². The zero-order valence-electron chi connectivity index (χ0n) is 11.2. The molecule has 0 saturated carbocycles. The van der Waals surface area contributed by atoms with Gasteiger partial charge in [-0.15, -0.1) is 0 Å². The second-order valence-corrected chi connectivity index (χ2v) is 4.66. The molecule has 0 aliphatic rings. The van der Waals surface area contributed by atoms with Crippen molar-refractivity contribution in [2.24, 2.45) is 0 Å². The number of anilines is 1. The molecule has 3 aromatic rings. The van der Waals surface area contributed by atoms with Crippen LogP contribution in [0.5, 0.6) is 0 Å². The first kappa shape index (κ1) is 12.6. The van der Waals surface area contributed by atoms with Crippen LogP contribution in [-0.4, -0.2) is 14.5 Å². The molecule has 3 rings (SSSR count). The lowest BCUT2D eigenvalue weighted by molar-refractivity contribution is 0.627. The summed E-state index contributed by atoms with van der Waals surface area (Å²) < 4.78 is 15.4. The van der Waals surface area contributed by atoms with Gasteiger partial charge in [-0.3, -0.25) is 4.98 Å². The maximum atomic E-state index is 13.5. The molecule has 1 aromatic carbocycles. The molecule has 0 spiro atoms. The lowest BCUT2D eigenvalue weighted by Gasteiger charge is -2.08. The van der Waals surface area contributed by atoms with Crippen LogP contribution in [0.25, 0.3) is 22.6 Å². The van der Waals surface area contributed by atoms with Gasteiger partial charge in [0.25, 0.3) is 0 Å². The molecule has 2 aromatic heterocycles. The fourth-order valence-electron chi connectivity index (χ4n) is 2.33. The average Bonchev–Trinajstić information content (AvgIpc) is 2.78. The SMILES string of the molecule is CCCn1c(-c2ncccc2N)nc2ccc(F)cc21. The number of nitrogens with zero attached hydrogens (tertiary/aromatic N) is 3. The smallest absolute Gasteiger partial charge is 0.161 e. The second kappa shape index (κ2) is 4.92. The Balaban J connectivity index is 2.30. The summed E-state index contributed by atoms with van der Waals surface area (Å²) in [4.78, 5) is 8.86. The molecule has 5 heteroatoms. The fourth-order valence-corrected chi connectivity index (χ4v) is 2.33. The van der Waals surface area contributed by atoms with Crippen LogP contribution in [0.2, 0.25) is 0 Å². The number of nitrogens with two attached hydrogens (primary N) is 1. The van der Waals surface area contributed by atoms with Crippen molar-refractivity contribution in [3.05, 3.63) is 42.3 Å². The molecular formula is C15H15FN4. The number of aromatic nitrogens is 3. The standard InChI is InChI=1S/C15H15FN4/c1-2-8-20-13-9-10(16)5-6-12(13)19-15(20)14-11(17)4-3-7-18-14/h3-7,9H,2,8,17H2,1H3. The quantitative estimate of drug-likeness (QED) is 0.795. The molecule has 0 fully saturated rings. The fraction of sp³-hybridized carbons (Fsp3) is 0.200. The van der Waals surface area contributed by atoms with E-state index in [4.69, 9.17) is 5.73 Å². The van der Waals surface area contributed by atoms with Gasteiger partial charge >= 0.3 is 0 Å². The number of imidazole rings is 1. The molecule has 0 unspecified atom stereocenters. The molecule has 0 aliphatic heterocycles. The Labute approximate surface area is 116 Å². The lowest BCUT2D eigenvalue weighted by atomic mass is 10.3. The Hall–Kier alpha value is -2.43. The maximum Gasteiger partial charge on any atom is 0.161 e. The summed E-state index contributed by atoms with van der Waals surface area (Å²) in [7, 11) is 0. The Bertz CT molecular complexity index is 764. The van der Waals surface area contributed by atoms with Gasteiger partial charge in [0.2, 0.25) is 0 Å². The van der Waals surface area contributed by atoms with Crippen LogP contribution in [0.3, 0.4) is 0 Å². The highest BCUT2D eigenvalue weighted by Crippen LogP contribution is 2.27. The zero-order chi connectivity index (χ0) is 14.1. The Morgan fingerprint density at radius 3 is 2.90 bits per heavy atom. The van der Waals surface area contributed by atoms with Gasteiger partial charge in [0, 0.05) is 12.7 Å². The molecule has 20 heavy (non-hydrogen) atoms. The van der Waals surface area contributed by atoms with E-state index in [-0.39, 0.29) is 5.82 Å². The van der Waals surface area contributed by atoms with Crippen LogP contribution in [-0.2, 0) is 6.54 Å². The molecular weight excluding hydrogens is 255 g/mol. The van der Waals surface area contributed by atoms with Crippen LogP contribution in [0.1, 0.15) is 13.3 Å². The zero-order valence-corrected chi connectivity index (χ0v) is 11.2. The summed E-state index contributed by atoms with van der Waals surface area (Å²) >= 11 is 0. The van der Waals surface area contributed by atoms with Crippen molar-refractivity contribution in [3.63, 3.8) is 0 Å². The van der Waals surface area contributed by atoms with E-state index in [1.54, 1.807) is 24.4 Å². The van der Waals surface area contributed by atoms with Gasteiger partial charge in [0.05, 0.1) is 16.7 Å². The normalized spacial score (nSPS) is 11.1. The van der Waals surface area contributed by atoms with Gasteiger partial charge in [-0.1, -0.05) is 6.92 Å². The highest BCUT2D eigenvalue weighted by atomic mass is 19.1. The average molecular weight is 270 g/mol. The van der Waals surface area contributed by atoms with Crippen LogP contribution in [0.4, 0.5) is 10.1 Å². The van der Waals surface area contributed by atoms with Gasteiger partial charge in [0.15, 0.2) is 5.82 Å². The number of fused-ring (bicyclic) bond motifs is 1. The summed E-state index contributed by atoms with van der Waals surface area (Å²) in [6, 6.07) is 8.17. The van der Waals surface area contributed by atoms with E-state index in [9.17, 15) is 4.39 Å². The predicted octanol–water partition coefficient (Wildman–Crippen LogP) is 3.23. The van der Waals surface area contributed by atoms with Crippen LogP contribution in [0.15, 0.2) is 36.5 Å². The van der Waals surface area contributed by atoms with Crippen molar-refractivity contribution in [2.75, 3.05) is 5.73 Å². The van der Waals surface area contributed by atoms with E-state index < -0.39 is 0 Å². The molecule has 4 nitrogen and oxygen atoms in total. The topological polar surface area (TPSA) is 56.7 Å². The number of pyridine rings is 1.